The topological polar surface area (TPSA) is 8.72 Å². The molecule has 2 rings (SSSR count). The average Bonchev–Trinajstić information content (AvgIpc) is 2.38. The van der Waals surface area contributed by atoms with Crippen molar-refractivity contribution in [3.05, 3.63) is 73.9 Å². The van der Waals surface area contributed by atoms with Gasteiger partial charge in [0.25, 0.3) is 0 Å². The molecule has 0 aromatic heterocycles. The van der Waals surface area contributed by atoms with Gasteiger partial charge in [-0.25, -0.2) is 9.69 Å². The molecule has 2 nitrogen and oxygen atoms in total. The maximum Gasteiger partial charge on any atom is 0.215 e. The monoisotopic (exact) mass is 674 g/mol. The van der Waals surface area contributed by atoms with Gasteiger partial charge in [0.1, 0.15) is 0 Å². The van der Waals surface area contributed by atoms with Crippen LogP contribution in [0.1, 0.15) is 0 Å². The summed E-state index contributed by atoms with van der Waals surface area (Å²) in [5, 5.41) is 0. The Hall–Kier alpha value is 0.300. The highest BCUT2D eigenvalue weighted by Crippen LogP contribution is 2.37. The summed E-state index contributed by atoms with van der Waals surface area (Å²) < 4.78 is 5.09. The van der Waals surface area contributed by atoms with Crippen LogP contribution in [0.2, 0.25) is 0 Å². The molecule has 0 saturated carbocycles. The van der Waals surface area contributed by atoms with Crippen molar-refractivity contribution < 1.29 is 0 Å². The van der Waals surface area contributed by atoms with E-state index in [-0.39, 0.29) is 0 Å². The lowest BCUT2D eigenvalue weighted by atomic mass is 10.3. The summed E-state index contributed by atoms with van der Waals surface area (Å²) in [6.45, 7) is 13.7. The zero-order valence-electron chi connectivity index (χ0n) is 10.5. The van der Waals surface area contributed by atoms with Crippen LogP contribution in [0.15, 0.2) is 51.1 Å². The van der Waals surface area contributed by atoms with Gasteiger partial charge < -0.3 is 0 Å². The van der Waals surface area contributed by atoms with Gasteiger partial charge >= 0.3 is 0 Å². The number of benzene rings is 2. The van der Waals surface area contributed by atoms with Crippen LogP contribution >= 0.6 is 95.6 Å². The van der Waals surface area contributed by atoms with Crippen LogP contribution in [0.25, 0.3) is 9.69 Å². The van der Waals surface area contributed by atoms with Gasteiger partial charge in [0, 0.05) is 26.8 Å². The molecular formula is C14H4Br6N2. The van der Waals surface area contributed by atoms with Gasteiger partial charge in [-0.15, -0.1) is 0 Å². The molecule has 0 aliphatic rings. The van der Waals surface area contributed by atoms with Crippen molar-refractivity contribution >= 4 is 107 Å². The normalized spacial score (nSPS) is 9.27. The molecule has 8 heteroatoms. The van der Waals surface area contributed by atoms with E-state index >= 15 is 0 Å². The second-order valence-electron chi connectivity index (χ2n) is 3.66. The smallest absolute Gasteiger partial charge is 0.215 e. The predicted octanol–water partition coefficient (Wildman–Crippen LogP) is 9.05. The molecule has 0 unspecified atom stereocenters. The van der Waals surface area contributed by atoms with E-state index in [9.17, 15) is 0 Å². The minimum atomic E-state index is 0.605. The van der Waals surface area contributed by atoms with Gasteiger partial charge in [-0.2, -0.15) is 0 Å². The molecule has 0 N–H and O–H groups in total. The number of halogens is 6. The SMILES string of the molecule is [C-]#[N+]c1c(Br)cc(Br)cc1Br.[C-]#[N+]c1c(Br)cc(Br)cc1Br. The fourth-order valence-electron chi connectivity index (χ4n) is 1.28. The van der Waals surface area contributed by atoms with Gasteiger partial charge in [0.2, 0.25) is 11.4 Å². The van der Waals surface area contributed by atoms with Crippen LogP contribution in [0.4, 0.5) is 11.4 Å². The van der Waals surface area contributed by atoms with Crippen LogP contribution in [0.3, 0.4) is 0 Å². The third-order valence-corrected chi connectivity index (χ3v) is 5.52. The van der Waals surface area contributed by atoms with Crippen LogP contribution in [-0.4, -0.2) is 0 Å². The van der Waals surface area contributed by atoms with Crippen LogP contribution in [0.5, 0.6) is 0 Å². The summed E-state index contributed by atoms with van der Waals surface area (Å²) in [5.74, 6) is 0. The van der Waals surface area contributed by atoms with Crippen molar-refractivity contribution in [2.75, 3.05) is 0 Å². The van der Waals surface area contributed by atoms with E-state index in [1.54, 1.807) is 0 Å². The standard InChI is InChI=1S/2C7H2Br3N/c2*1-11-7-5(9)2-4(8)3-6(7)10/h2*2-3H. The lowest BCUT2D eigenvalue weighted by Gasteiger charge is -1.98. The van der Waals surface area contributed by atoms with Crippen molar-refractivity contribution in [3.63, 3.8) is 0 Å². The summed E-state index contributed by atoms with van der Waals surface area (Å²) in [7, 11) is 0. The number of nitrogens with zero attached hydrogens (tertiary/aromatic N) is 2. The predicted molar refractivity (Wildman–Crippen MR) is 112 cm³/mol. The Morgan fingerprint density at radius 1 is 0.545 bits per heavy atom. The summed E-state index contributed by atoms with van der Waals surface area (Å²) in [6.07, 6.45) is 0. The van der Waals surface area contributed by atoms with Crippen molar-refractivity contribution in [2.45, 2.75) is 0 Å². The van der Waals surface area contributed by atoms with Gasteiger partial charge in [-0.05, 0) is 24.3 Å². The minimum absolute atomic E-state index is 0.605. The zero-order valence-corrected chi connectivity index (χ0v) is 20.0. The highest BCUT2D eigenvalue weighted by Gasteiger charge is 2.05. The second-order valence-corrected chi connectivity index (χ2v) is 8.91. The Labute approximate surface area is 179 Å². The highest BCUT2D eigenvalue weighted by atomic mass is 79.9. The van der Waals surface area contributed by atoms with Gasteiger partial charge in [0.15, 0.2) is 0 Å². The fourth-order valence-corrected chi connectivity index (χ4v) is 6.15. The van der Waals surface area contributed by atoms with E-state index in [0.29, 0.717) is 11.4 Å². The molecule has 0 spiro atoms. The Morgan fingerprint density at radius 2 is 0.773 bits per heavy atom. The first-order valence-electron chi connectivity index (χ1n) is 5.34. The van der Waals surface area contributed by atoms with Crippen molar-refractivity contribution in [2.24, 2.45) is 0 Å². The average molecular weight is 680 g/mol. The van der Waals surface area contributed by atoms with E-state index in [0.717, 1.165) is 26.8 Å². The highest BCUT2D eigenvalue weighted by molar-refractivity contribution is 9.12. The summed E-state index contributed by atoms with van der Waals surface area (Å²) in [6, 6.07) is 7.38. The lowest BCUT2D eigenvalue weighted by molar-refractivity contribution is 1.57. The molecule has 0 heterocycles. The first-order chi connectivity index (χ1) is 10.3. The molecule has 0 radical (unpaired) electrons. The molecular weight excluding hydrogens is 676 g/mol. The molecule has 0 atom stereocenters. The van der Waals surface area contributed by atoms with Gasteiger partial charge in [0.05, 0.1) is 13.1 Å². The molecule has 2 aromatic carbocycles. The molecule has 0 aliphatic heterocycles. The van der Waals surface area contributed by atoms with E-state index in [1.165, 1.54) is 0 Å². The Kier molecular flexibility index (Phi) is 8.84. The Morgan fingerprint density at radius 3 is 0.955 bits per heavy atom. The van der Waals surface area contributed by atoms with Crippen molar-refractivity contribution in [1.29, 1.82) is 0 Å². The molecule has 2 aromatic rings. The van der Waals surface area contributed by atoms with Crippen LogP contribution in [0, 0.1) is 13.1 Å². The summed E-state index contributed by atoms with van der Waals surface area (Å²) in [4.78, 5) is 6.69. The zero-order chi connectivity index (χ0) is 16.9. The maximum absolute atomic E-state index is 6.85. The molecule has 0 fully saturated rings. The third-order valence-electron chi connectivity index (χ3n) is 2.19. The number of rotatable bonds is 0. The minimum Gasteiger partial charge on any atom is -0.236 e. The van der Waals surface area contributed by atoms with Gasteiger partial charge in [-0.3, -0.25) is 0 Å². The number of hydrogen-bond acceptors (Lipinski definition) is 0. The quantitative estimate of drug-likeness (QED) is 0.246. The van der Waals surface area contributed by atoms with Crippen LogP contribution in [-0.2, 0) is 0 Å². The van der Waals surface area contributed by atoms with Crippen molar-refractivity contribution in [1.82, 2.24) is 0 Å². The summed E-state index contributed by atoms with van der Waals surface area (Å²) in [5.41, 5.74) is 1.21. The Bertz CT molecular complexity index is 675. The third kappa shape index (κ3) is 5.74. The van der Waals surface area contributed by atoms with Crippen LogP contribution < -0.4 is 0 Å². The number of hydrogen-bond donors (Lipinski definition) is 0. The maximum atomic E-state index is 6.85. The van der Waals surface area contributed by atoms with E-state index < -0.39 is 0 Å². The molecule has 0 amide bonds. The van der Waals surface area contributed by atoms with E-state index in [4.69, 9.17) is 13.1 Å². The first-order valence-corrected chi connectivity index (χ1v) is 10.1. The molecule has 0 aliphatic carbocycles. The molecule has 0 bridgehead atoms. The van der Waals surface area contributed by atoms with Crippen molar-refractivity contribution in [3.8, 4) is 0 Å². The largest absolute Gasteiger partial charge is 0.236 e. The fraction of sp³-hybridized carbons (Fsp3) is 0. The molecule has 0 saturated heterocycles. The van der Waals surface area contributed by atoms with E-state index in [2.05, 4.69) is 105 Å². The molecule has 22 heavy (non-hydrogen) atoms. The van der Waals surface area contributed by atoms with E-state index in [1.807, 2.05) is 24.3 Å². The Balaban J connectivity index is 0.000000220. The first kappa shape index (κ1) is 20.3. The van der Waals surface area contributed by atoms with Gasteiger partial charge in [-0.1, -0.05) is 95.6 Å². The lowest BCUT2D eigenvalue weighted by Crippen LogP contribution is -1.70. The molecule has 112 valence electrons. The second kappa shape index (κ2) is 9.56. The summed E-state index contributed by atoms with van der Waals surface area (Å²) >= 11 is 19.8.